The van der Waals surface area contributed by atoms with Crippen LogP contribution in [0.3, 0.4) is 0 Å². The van der Waals surface area contributed by atoms with E-state index in [1.54, 1.807) is 35.1 Å². The van der Waals surface area contributed by atoms with Crippen LogP contribution in [-0.4, -0.2) is 75.0 Å². The lowest BCUT2D eigenvalue weighted by molar-refractivity contribution is 0.145. The summed E-state index contributed by atoms with van der Waals surface area (Å²) in [7, 11) is -3.66. The number of benzene rings is 2. The average Bonchev–Trinajstić information content (AvgIpc) is 3.08. The van der Waals surface area contributed by atoms with Crippen molar-refractivity contribution in [2.45, 2.75) is 30.4 Å². The van der Waals surface area contributed by atoms with E-state index in [0.717, 1.165) is 4.90 Å². The minimum atomic E-state index is -5.10. The van der Waals surface area contributed by atoms with Crippen LogP contribution in [0, 0.1) is 5.82 Å². The molecule has 0 spiro atoms. The Balaban J connectivity index is 1.78. The van der Waals surface area contributed by atoms with Crippen molar-refractivity contribution in [1.82, 2.24) is 14.5 Å². The molecule has 1 fully saturated rings. The van der Waals surface area contributed by atoms with Gasteiger partial charge in [0.1, 0.15) is 12.8 Å². The molecule has 2 aliphatic heterocycles. The molecule has 34 heavy (non-hydrogen) atoms. The number of carbonyl (C=O) groups is 1. The molecule has 7 nitrogen and oxygen atoms in total. The second-order valence-corrected chi connectivity index (χ2v) is 9.94. The maximum absolute atomic E-state index is 14.9. The summed E-state index contributed by atoms with van der Waals surface area (Å²) in [5.74, 6) is -4.30. The molecular formula is C22H23F4N3O4S. The van der Waals surface area contributed by atoms with Crippen LogP contribution in [0.2, 0.25) is 0 Å². The Bertz CT molecular complexity index is 1180. The van der Waals surface area contributed by atoms with Crippen LogP contribution in [0.5, 0.6) is 5.75 Å². The third kappa shape index (κ3) is 4.69. The lowest BCUT2D eigenvalue weighted by Gasteiger charge is -2.31. The number of nitrogens with zero attached hydrogens (tertiary/aromatic N) is 2. The summed E-state index contributed by atoms with van der Waals surface area (Å²) in [6, 6.07) is 7.97. The first kappa shape index (κ1) is 24.3. The molecule has 184 valence electrons. The van der Waals surface area contributed by atoms with Gasteiger partial charge in [-0.25, -0.2) is 26.7 Å². The number of alkyl halides is 3. The minimum absolute atomic E-state index is 0.0181. The van der Waals surface area contributed by atoms with E-state index in [-0.39, 0.29) is 25.3 Å². The molecule has 2 amide bonds. The van der Waals surface area contributed by atoms with E-state index in [2.05, 4.69) is 0 Å². The van der Waals surface area contributed by atoms with Gasteiger partial charge in [0.2, 0.25) is 0 Å². The fourth-order valence-corrected chi connectivity index (χ4v) is 5.10. The van der Waals surface area contributed by atoms with Crippen LogP contribution in [0.25, 0.3) is 11.1 Å². The summed E-state index contributed by atoms with van der Waals surface area (Å²) in [5.41, 5.74) is 1.64. The largest absolute Gasteiger partial charge is 0.488 e. The smallest absolute Gasteiger partial charge is 0.350 e. The number of hydrogen-bond acceptors (Lipinski definition) is 4. The summed E-state index contributed by atoms with van der Waals surface area (Å²) in [4.78, 5) is 15.5. The van der Waals surface area contributed by atoms with Crippen molar-refractivity contribution in [3.8, 4) is 16.9 Å². The van der Waals surface area contributed by atoms with Crippen LogP contribution < -0.4 is 9.46 Å². The van der Waals surface area contributed by atoms with E-state index >= 15 is 0 Å². The summed E-state index contributed by atoms with van der Waals surface area (Å²) in [5, 5.41) is 0. The first-order valence-corrected chi connectivity index (χ1v) is 12.1. The Hall–Kier alpha value is -2.86. The van der Waals surface area contributed by atoms with Gasteiger partial charge in [-0.1, -0.05) is 36.4 Å². The molecule has 2 bridgehead atoms. The molecule has 1 N–H and O–H groups in total. The van der Waals surface area contributed by atoms with Crippen molar-refractivity contribution in [3.63, 3.8) is 0 Å². The first-order valence-electron chi connectivity index (χ1n) is 10.5. The number of likely N-dealkylation sites (N-methyl/N-ethyl adjacent to an activating group) is 1. The molecule has 1 saturated heterocycles. The molecule has 12 heteroatoms. The predicted octanol–water partition coefficient (Wildman–Crippen LogP) is 3.01. The van der Waals surface area contributed by atoms with Crippen LogP contribution in [-0.2, 0) is 16.4 Å². The average molecular weight is 502 g/mol. The Morgan fingerprint density at radius 3 is 2.65 bits per heavy atom. The number of amides is 2. The summed E-state index contributed by atoms with van der Waals surface area (Å²) in [6.07, 6.45) is -1.91. The Labute approximate surface area is 194 Å². The topological polar surface area (TPSA) is 79.0 Å². The molecule has 0 radical (unpaired) electrons. The van der Waals surface area contributed by atoms with Crippen molar-refractivity contribution < 1.29 is 35.5 Å². The molecule has 2 aromatic carbocycles. The van der Waals surface area contributed by atoms with Crippen LogP contribution in [0.15, 0.2) is 42.5 Å². The van der Waals surface area contributed by atoms with Crippen molar-refractivity contribution in [3.05, 3.63) is 53.8 Å². The number of sulfonamides is 1. The van der Waals surface area contributed by atoms with Gasteiger partial charge in [-0.3, -0.25) is 0 Å². The van der Waals surface area contributed by atoms with E-state index in [4.69, 9.17) is 4.74 Å². The zero-order valence-corrected chi connectivity index (χ0v) is 18.9. The van der Waals surface area contributed by atoms with E-state index in [0.29, 0.717) is 16.7 Å². The van der Waals surface area contributed by atoms with Crippen molar-refractivity contribution in [1.29, 1.82) is 0 Å². The number of urea groups is 1. The molecule has 2 aromatic rings. The molecule has 3 atom stereocenters. The molecule has 2 aliphatic rings. The third-order valence-electron chi connectivity index (χ3n) is 6.01. The number of para-hydroxylation sites is 1. The highest BCUT2D eigenvalue weighted by Gasteiger charge is 2.47. The highest BCUT2D eigenvalue weighted by molar-refractivity contribution is 7.89. The normalized spacial score (nSPS) is 23.5. The minimum Gasteiger partial charge on any atom is -0.488 e. The molecule has 0 aromatic heterocycles. The van der Waals surface area contributed by atoms with Crippen molar-refractivity contribution >= 4 is 16.1 Å². The fourth-order valence-electron chi connectivity index (χ4n) is 4.31. The van der Waals surface area contributed by atoms with E-state index in [9.17, 15) is 30.8 Å². The fraction of sp³-hybridized carbons (Fsp3) is 0.409. The zero-order valence-electron chi connectivity index (χ0n) is 18.1. The van der Waals surface area contributed by atoms with E-state index in [1.807, 2.05) is 0 Å². The third-order valence-corrected chi connectivity index (χ3v) is 7.08. The molecule has 2 heterocycles. The zero-order chi connectivity index (χ0) is 24.6. The standard InChI is InChI=1S/C22H23F4N3O4S/c1-28-8-9-33-20-15(6-3-7-16(20)23)14-5-2-4-13(10-14)11-18-19(27-34(31,32)21(25)26)17(24)12-29(18)22(28)30/h2-7,10,17-19,21,27H,8-9,11-12H2,1H3/t17-,18-,19-/m0/s1. The molecule has 4 rings (SSSR count). The quantitative estimate of drug-likeness (QED) is 0.656. The number of nitrogens with one attached hydrogen (secondary N) is 1. The number of ether oxygens (including phenoxy) is 1. The molecule has 0 aliphatic carbocycles. The van der Waals surface area contributed by atoms with Crippen LogP contribution >= 0.6 is 0 Å². The second kappa shape index (κ2) is 9.41. The SMILES string of the molecule is CN1CCOc2c(F)cccc2-c2cccc(c2)C[C@H]2[C@@H](NS(=O)(=O)C(F)F)[C@@H](F)CN2C1=O. The molecule has 0 unspecified atom stereocenters. The summed E-state index contributed by atoms with van der Waals surface area (Å²) in [6.45, 7) is -0.508. The van der Waals surface area contributed by atoms with Crippen LogP contribution in [0.4, 0.5) is 22.4 Å². The van der Waals surface area contributed by atoms with Crippen molar-refractivity contribution in [2.24, 2.45) is 0 Å². The van der Waals surface area contributed by atoms with Crippen molar-refractivity contribution in [2.75, 3.05) is 26.7 Å². The highest BCUT2D eigenvalue weighted by atomic mass is 32.2. The molecular weight excluding hydrogens is 478 g/mol. The number of fused-ring (bicyclic) bond motifs is 5. The molecule has 0 saturated carbocycles. The Morgan fingerprint density at radius 1 is 1.18 bits per heavy atom. The van der Waals surface area contributed by atoms with Gasteiger partial charge >= 0.3 is 11.8 Å². The summed E-state index contributed by atoms with van der Waals surface area (Å²) >= 11 is 0. The maximum Gasteiger partial charge on any atom is 0.350 e. The van der Waals surface area contributed by atoms with E-state index < -0.39 is 52.4 Å². The van der Waals surface area contributed by atoms with Gasteiger partial charge in [0.15, 0.2) is 11.6 Å². The predicted molar refractivity (Wildman–Crippen MR) is 116 cm³/mol. The number of halogens is 4. The van der Waals surface area contributed by atoms with Gasteiger partial charge in [-0.05, 0) is 23.6 Å². The van der Waals surface area contributed by atoms with Gasteiger partial charge in [-0.2, -0.15) is 8.78 Å². The highest BCUT2D eigenvalue weighted by Crippen LogP contribution is 2.34. The lowest BCUT2D eigenvalue weighted by Crippen LogP contribution is -2.52. The second-order valence-electron chi connectivity index (χ2n) is 8.26. The van der Waals surface area contributed by atoms with Gasteiger partial charge in [0.25, 0.3) is 10.0 Å². The monoisotopic (exact) mass is 501 g/mol. The van der Waals surface area contributed by atoms with Crippen LogP contribution in [0.1, 0.15) is 5.56 Å². The van der Waals surface area contributed by atoms with E-state index in [1.165, 1.54) is 24.1 Å². The van der Waals surface area contributed by atoms with Gasteiger partial charge in [-0.15, -0.1) is 0 Å². The number of rotatable bonds is 3. The van der Waals surface area contributed by atoms with Gasteiger partial charge < -0.3 is 14.5 Å². The van der Waals surface area contributed by atoms with Gasteiger partial charge in [0, 0.05) is 12.6 Å². The Kier molecular flexibility index (Phi) is 6.72. The number of hydrogen-bond donors (Lipinski definition) is 1. The number of carbonyl (C=O) groups excluding carboxylic acids is 1. The summed E-state index contributed by atoms with van der Waals surface area (Å²) < 4.78 is 86.6. The van der Waals surface area contributed by atoms with Gasteiger partial charge in [0.05, 0.1) is 25.2 Å². The Morgan fingerprint density at radius 2 is 1.91 bits per heavy atom. The lowest BCUT2D eigenvalue weighted by atomic mass is 9.96. The maximum atomic E-state index is 14.9. The first-order chi connectivity index (χ1) is 16.1.